The van der Waals surface area contributed by atoms with Gasteiger partial charge in [0.15, 0.2) is 17.3 Å². The fourth-order valence-electron chi connectivity index (χ4n) is 2.65. The summed E-state index contributed by atoms with van der Waals surface area (Å²) in [7, 11) is 0. The van der Waals surface area contributed by atoms with Crippen molar-refractivity contribution in [2.24, 2.45) is 0 Å². The Hall–Kier alpha value is -2.47. The Kier molecular flexibility index (Phi) is 3.23. The van der Waals surface area contributed by atoms with Gasteiger partial charge in [0.25, 0.3) is 0 Å². The lowest BCUT2D eigenvalue weighted by atomic mass is 10.1. The van der Waals surface area contributed by atoms with E-state index in [2.05, 4.69) is 38.9 Å². The van der Waals surface area contributed by atoms with Gasteiger partial charge in [-0.25, -0.2) is 15.0 Å². The van der Waals surface area contributed by atoms with Gasteiger partial charge in [0.2, 0.25) is 0 Å². The molecule has 22 heavy (non-hydrogen) atoms. The van der Waals surface area contributed by atoms with Crippen molar-refractivity contribution in [1.82, 2.24) is 19.9 Å². The van der Waals surface area contributed by atoms with Gasteiger partial charge in [-0.1, -0.05) is 29.8 Å². The molecule has 1 fully saturated rings. The van der Waals surface area contributed by atoms with Gasteiger partial charge in [0.1, 0.15) is 5.52 Å². The Morgan fingerprint density at radius 1 is 1.09 bits per heavy atom. The molecule has 0 radical (unpaired) electrons. The average molecular weight is 295 g/mol. The minimum Gasteiger partial charge on any atom is -0.378 e. The summed E-state index contributed by atoms with van der Waals surface area (Å²) in [5.41, 5.74) is 3.81. The number of anilines is 1. The number of hydrogen-bond acceptors (Lipinski definition) is 5. The van der Waals surface area contributed by atoms with Gasteiger partial charge in [-0.2, -0.15) is 0 Å². The van der Waals surface area contributed by atoms with E-state index in [1.54, 1.807) is 6.33 Å². The van der Waals surface area contributed by atoms with E-state index >= 15 is 0 Å². The van der Waals surface area contributed by atoms with Crippen molar-refractivity contribution in [2.45, 2.75) is 6.92 Å². The van der Waals surface area contributed by atoms with E-state index in [1.165, 1.54) is 5.56 Å². The van der Waals surface area contributed by atoms with Crippen LogP contribution in [0.2, 0.25) is 0 Å². The maximum Gasteiger partial charge on any atom is 0.183 e. The fraction of sp³-hybridized carbons (Fsp3) is 0.312. The van der Waals surface area contributed by atoms with Crippen LogP contribution in [-0.4, -0.2) is 46.2 Å². The number of morpholine rings is 1. The topological polar surface area (TPSA) is 66.9 Å². The number of rotatable bonds is 2. The lowest BCUT2D eigenvalue weighted by molar-refractivity contribution is 0.122. The number of fused-ring (bicyclic) bond motifs is 1. The first-order chi connectivity index (χ1) is 10.8. The first-order valence-electron chi connectivity index (χ1n) is 7.42. The second-order valence-electron chi connectivity index (χ2n) is 5.44. The molecule has 0 atom stereocenters. The highest BCUT2D eigenvalue weighted by Crippen LogP contribution is 2.26. The number of aromatic nitrogens is 4. The summed E-state index contributed by atoms with van der Waals surface area (Å²) in [6, 6.07) is 8.24. The summed E-state index contributed by atoms with van der Waals surface area (Å²) in [5, 5.41) is 0. The number of H-pyrrole nitrogens is 1. The smallest absolute Gasteiger partial charge is 0.183 e. The molecule has 0 saturated carbocycles. The molecular weight excluding hydrogens is 278 g/mol. The van der Waals surface area contributed by atoms with Gasteiger partial charge < -0.3 is 14.6 Å². The Morgan fingerprint density at radius 2 is 1.86 bits per heavy atom. The zero-order chi connectivity index (χ0) is 14.9. The molecular formula is C16H17N5O. The van der Waals surface area contributed by atoms with E-state index < -0.39 is 0 Å². The molecule has 0 spiro atoms. The van der Waals surface area contributed by atoms with Gasteiger partial charge in [-0.3, -0.25) is 0 Å². The number of aromatic amines is 1. The van der Waals surface area contributed by atoms with Gasteiger partial charge in [0.05, 0.1) is 19.5 Å². The van der Waals surface area contributed by atoms with Crippen LogP contribution >= 0.6 is 0 Å². The molecule has 0 amide bonds. The molecule has 0 bridgehead atoms. The number of benzene rings is 1. The summed E-state index contributed by atoms with van der Waals surface area (Å²) < 4.78 is 5.43. The summed E-state index contributed by atoms with van der Waals surface area (Å²) in [6.45, 7) is 5.18. The first-order valence-corrected chi connectivity index (χ1v) is 7.42. The number of nitrogens with one attached hydrogen (secondary N) is 1. The highest BCUT2D eigenvalue weighted by Gasteiger charge is 2.19. The monoisotopic (exact) mass is 295 g/mol. The lowest BCUT2D eigenvalue weighted by Crippen LogP contribution is -2.37. The van der Waals surface area contributed by atoms with Crippen LogP contribution in [0.3, 0.4) is 0 Å². The highest BCUT2D eigenvalue weighted by atomic mass is 16.5. The fourth-order valence-corrected chi connectivity index (χ4v) is 2.65. The minimum atomic E-state index is 0.701. The molecule has 0 aliphatic carbocycles. The Balaban J connectivity index is 1.84. The Labute approximate surface area is 128 Å². The van der Waals surface area contributed by atoms with Crippen LogP contribution in [0.15, 0.2) is 30.6 Å². The van der Waals surface area contributed by atoms with Gasteiger partial charge in [0, 0.05) is 18.7 Å². The van der Waals surface area contributed by atoms with Gasteiger partial charge in [-0.15, -0.1) is 0 Å². The molecule has 3 heterocycles. The van der Waals surface area contributed by atoms with E-state index in [-0.39, 0.29) is 0 Å². The molecule has 112 valence electrons. The van der Waals surface area contributed by atoms with Crippen molar-refractivity contribution in [2.75, 3.05) is 31.2 Å². The Bertz CT molecular complexity index is 790. The maximum atomic E-state index is 5.43. The van der Waals surface area contributed by atoms with E-state index in [4.69, 9.17) is 9.72 Å². The number of hydrogen-bond donors (Lipinski definition) is 1. The molecule has 1 N–H and O–H groups in total. The molecule has 4 rings (SSSR count). The van der Waals surface area contributed by atoms with E-state index in [0.29, 0.717) is 11.5 Å². The number of ether oxygens (including phenoxy) is 1. The second-order valence-corrected chi connectivity index (χ2v) is 5.44. The van der Waals surface area contributed by atoms with E-state index in [1.807, 2.05) is 12.1 Å². The van der Waals surface area contributed by atoms with Crippen molar-refractivity contribution in [3.63, 3.8) is 0 Å². The Morgan fingerprint density at radius 3 is 2.64 bits per heavy atom. The number of nitrogens with zero attached hydrogens (tertiary/aromatic N) is 4. The van der Waals surface area contributed by atoms with E-state index in [0.717, 1.165) is 43.2 Å². The van der Waals surface area contributed by atoms with Crippen molar-refractivity contribution < 1.29 is 4.74 Å². The summed E-state index contributed by atoms with van der Waals surface area (Å²) in [4.78, 5) is 19.1. The molecule has 6 heteroatoms. The zero-order valence-electron chi connectivity index (χ0n) is 12.4. The zero-order valence-corrected chi connectivity index (χ0v) is 12.4. The van der Waals surface area contributed by atoms with Crippen LogP contribution in [0.5, 0.6) is 0 Å². The molecule has 1 aliphatic rings. The first kappa shape index (κ1) is 13.2. The van der Waals surface area contributed by atoms with Crippen LogP contribution in [-0.2, 0) is 4.74 Å². The normalized spacial score (nSPS) is 15.4. The van der Waals surface area contributed by atoms with Crippen LogP contribution < -0.4 is 4.90 Å². The van der Waals surface area contributed by atoms with Gasteiger partial charge >= 0.3 is 0 Å². The maximum absolute atomic E-state index is 5.43. The summed E-state index contributed by atoms with van der Waals surface area (Å²) in [5.74, 6) is 1.61. The largest absolute Gasteiger partial charge is 0.378 e. The van der Waals surface area contributed by atoms with Gasteiger partial charge in [-0.05, 0) is 6.92 Å². The molecule has 6 nitrogen and oxygen atoms in total. The predicted molar refractivity (Wildman–Crippen MR) is 84.9 cm³/mol. The number of imidazole rings is 1. The quantitative estimate of drug-likeness (QED) is 0.785. The van der Waals surface area contributed by atoms with Crippen molar-refractivity contribution >= 4 is 17.0 Å². The van der Waals surface area contributed by atoms with E-state index in [9.17, 15) is 0 Å². The van der Waals surface area contributed by atoms with Crippen LogP contribution in [0.25, 0.3) is 22.6 Å². The van der Waals surface area contributed by atoms with Crippen LogP contribution in [0.4, 0.5) is 5.82 Å². The third-order valence-electron chi connectivity index (χ3n) is 3.89. The van der Waals surface area contributed by atoms with Crippen molar-refractivity contribution in [1.29, 1.82) is 0 Å². The number of aryl methyl sites for hydroxylation is 1. The summed E-state index contributed by atoms with van der Waals surface area (Å²) in [6.07, 6.45) is 1.67. The molecule has 1 aromatic carbocycles. The standard InChI is InChI=1S/C16H17N5O/c1-11-2-4-12(5-3-11)14-19-15-13(17-10-18-15)16(20-14)21-6-8-22-9-7-21/h2-5,10H,6-9H2,1H3,(H,17,18,19,20). The third kappa shape index (κ3) is 2.31. The third-order valence-corrected chi connectivity index (χ3v) is 3.89. The predicted octanol–water partition coefficient (Wildman–Crippen LogP) is 2.16. The SMILES string of the molecule is Cc1ccc(-c2nc(N3CCOCC3)c3[nH]cnc3n2)cc1. The van der Waals surface area contributed by atoms with Crippen molar-refractivity contribution in [3.8, 4) is 11.4 Å². The molecule has 0 unspecified atom stereocenters. The molecule has 2 aromatic heterocycles. The average Bonchev–Trinajstić information content (AvgIpc) is 3.04. The van der Waals surface area contributed by atoms with Crippen molar-refractivity contribution in [3.05, 3.63) is 36.2 Å². The molecule has 3 aromatic rings. The minimum absolute atomic E-state index is 0.701. The van der Waals surface area contributed by atoms with Crippen LogP contribution in [0, 0.1) is 6.92 Å². The second kappa shape index (κ2) is 5.38. The summed E-state index contributed by atoms with van der Waals surface area (Å²) >= 11 is 0. The molecule has 1 saturated heterocycles. The van der Waals surface area contributed by atoms with Crippen LogP contribution in [0.1, 0.15) is 5.56 Å². The highest BCUT2D eigenvalue weighted by molar-refractivity contribution is 5.85. The molecule has 1 aliphatic heterocycles. The lowest BCUT2D eigenvalue weighted by Gasteiger charge is -2.28.